The molecule has 0 N–H and O–H groups in total. The Hall–Kier alpha value is -0.0500. The van der Waals surface area contributed by atoms with Crippen LogP contribution in [0.4, 0.5) is 0 Å². The Morgan fingerprint density at radius 2 is 2.00 bits per heavy atom. The van der Waals surface area contributed by atoms with Gasteiger partial charge in [-0.15, -0.1) is 0 Å². The molecule has 0 aromatic heterocycles. The minimum Gasteiger partial charge on any atom is -0.0826 e. The summed E-state index contributed by atoms with van der Waals surface area (Å²) in [4.78, 5) is 0. The van der Waals surface area contributed by atoms with Crippen LogP contribution < -0.4 is 0 Å². The number of aryl methyl sites for hydroxylation is 1. The molecule has 0 saturated heterocycles. The third-order valence-electron chi connectivity index (χ3n) is 5.02. The van der Waals surface area contributed by atoms with Crippen molar-refractivity contribution < 1.29 is 0 Å². The molecule has 3 rings (SSSR count). The van der Waals surface area contributed by atoms with Crippen LogP contribution >= 0.6 is 22.6 Å². The lowest BCUT2D eigenvalue weighted by molar-refractivity contribution is 0.241. The third-order valence-corrected chi connectivity index (χ3v) is 6.15. The summed E-state index contributed by atoms with van der Waals surface area (Å²) < 4.78 is 0.892. The fraction of sp³-hybridized carbons (Fsp3) is 0.625. The SMILES string of the molecule is Cc1ccc2c(c1)C(C)(C)C1CC(I)CCC21. The largest absolute Gasteiger partial charge is 0.0826 e. The van der Waals surface area contributed by atoms with E-state index in [1.54, 1.807) is 11.1 Å². The van der Waals surface area contributed by atoms with E-state index >= 15 is 0 Å². The lowest BCUT2D eigenvalue weighted by atomic mass is 9.70. The Morgan fingerprint density at radius 3 is 2.76 bits per heavy atom. The average Bonchev–Trinajstić information content (AvgIpc) is 2.49. The van der Waals surface area contributed by atoms with Crippen LogP contribution in [0.5, 0.6) is 0 Å². The first-order chi connectivity index (χ1) is 8.00. The van der Waals surface area contributed by atoms with E-state index in [2.05, 4.69) is 61.6 Å². The molecule has 3 atom stereocenters. The number of hydrogen-bond acceptors (Lipinski definition) is 0. The highest BCUT2D eigenvalue weighted by Crippen LogP contribution is 2.57. The molecular formula is C16H21I. The summed E-state index contributed by atoms with van der Waals surface area (Å²) >= 11 is 2.66. The molecule has 0 radical (unpaired) electrons. The maximum absolute atomic E-state index is 2.66. The predicted molar refractivity (Wildman–Crippen MR) is 82.1 cm³/mol. The smallest absolute Gasteiger partial charge is 0.0113 e. The van der Waals surface area contributed by atoms with Gasteiger partial charge in [0.1, 0.15) is 0 Å². The number of alkyl halides is 1. The van der Waals surface area contributed by atoms with Crippen LogP contribution in [0, 0.1) is 12.8 Å². The summed E-state index contributed by atoms with van der Waals surface area (Å²) in [6, 6.07) is 7.15. The number of halogens is 1. The molecule has 1 heteroatoms. The number of fused-ring (bicyclic) bond motifs is 3. The average molecular weight is 340 g/mol. The summed E-state index contributed by atoms with van der Waals surface area (Å²) in [5.74, 6) is 1.71. The molecule has 1 aromatic carbocycles. The van der Waals surface area contributed by atoms with E-state index in [0.717, 1.165) is 15.8 Å². The summed E-state index contributed by atoms with van der Waals surface area (Å²) in [5, 5.41) is 0. The lowest BCUT2D eigenvalue weighted by Gasteiger charge is -2.37. The zero-order valence-corrected chi connectivity index (χ0v) is 13.1. The monoisotopic (exact) mass is 340 g/mol. The lowest BCUT2D eigenvalue weighted by Crippen LogP contribution is -2.31. The zero-order chi connectivity index (χ0) is 12.2. The van der Waals surface area contributed by atoms with Crippen LogP contribution in [0.1, 0.15) is 55.7 Å². The topological polar surface area (TPSA) is 0 Å². The molecule has 0 aliphatic heterocycles. The molecule has 1 fully saturated rings. The minimum absolute atomic E-state index is 0.385. The van der Waals surface area contributed by atoms with Crippen LogP contribution in [0.2, 0.25) is 0 Å². The van der Waals surface area contributed by atoms with Gasteiger partial charge in [0.2, 0.25) is 0 Å². The Balaban J connectivity index is 2.10. The van der Waals surface area contributed by atoms with E-state index in [4.69, 9.17) is 0 Å². The van der Waals surface area contributed by atoms with Crippen molar-refractivity contribution in [1.29, 1.82) is 0 Å². The molecule has 3 unspecified atom stereocenters. The van der Waals surface area contributed by atoms with Crippen molar-refractivity contribution in [1.82, 2.24) is 0 Å². The van der Waals surface area contributed by atoms with Gasteiger partial charge in [-0.2, -0.15) is 0 Å². The predicted octanol–water partition coefficient (Wildman–Crippen LogP) is 4.97. The van der Waals surface area contributed by atoms with Gasteiger partial charge in [0.05, 0.1) is 0 Å². The number of benzene rings is 1. The van der Waals surface area contributed by atoms with Crippen LogP contribution in [0.3, 0.4) is 0 Å². The van der Waals surface area contributed by atoms with Gasteiger partial charge >= 0.3 is 0 Å². The second-order valence-electron chi connectivity index (χ2n) is 6.44. The van der Waals surface area contributed by atoms with E-state index in [1.807, 2.05) is 0 Å². The molecule has 0 bridgehead atoms. The third kappa shape index (κ3) is 1.76. The summed E-state index contributed by atoms with van der Waals surface area (Å²) in [6.45, 7) is 7.15. The number of hydrogen-bond donors (Lipinski definition) is 0. The highest BCUT2D eigenvalue weighted by atomic mass is 127. The highest BCUT2D eigenvalue weighted by molar-refractivity contribution is 14.1. The van der Waals surface area contributed by atoms with Gasteiger partial charge in [0.25, 0.3) is 0 Å². The molecule has 0 heterocycles. The van der Waals surface area contributed by atoms with Crippen LogP contribution in [-0.2, 0) is 5.41 Å². The molecule has 2 aliphatic carbocycles. The van der Waals surface area contributed by atoms with Crippen molar-refractivity contribution in [3.05, 3.63) is 34.9 Å². The Kier molecular flexibility index (Phi) is 2.81. The van der Waals surface area contributed by atoms with Gasteiger partial charge in [-0.3, -0.25) is 0 Å². The molecule has 92 valence electrons. The summed E-state index contributed by atoms with van der Waals surface area (Å²) in [5.41, 5.74) is 5.10. The molecule has 1 saturated carbocycles. The second-order valence-corrected chi connectivity index (χ2v) is 8.20. The van der Waals surface area contributed by atoms with Gasteiger partial charge in [0.15, 0.2) is 0 Å². The van der Waals surface area contributed by atoms with Crippen LogP contribution in [-0.4, -0.2) is 3.92 Å². The highest BCUT2D eigenvalue weighted by Gasteiger charge is 2.48. The first-order valence-electron chi connectivity index (χ1n) is 6.75. The van der Waals surface area contributed by atoms with Crippen molar-refractivity contribution in [2.75, 3.05) is 0 Å². The van der Waals surface area contributed by atoms with E-state index in [1.165, 1.54) is 24.8 Å². The van der Waals surface area contributed by atoms with Gasteiger partial charge in [-0.25, -0.2) is 0 Å². The zero-order valence-electron chi connectivity index (χ0n) is 11.0. The normalized spacial score (nSPS) is 34.2. The minimum atomic E-state index is 0.385. The second kappa shape index (κ2) is 3.97. The first-order valence-corrected chi connectivity index (χ1v) is 8.00. The molecule has 0 amide bonds. The van der Waals surface area contributed by atoms with E-state index in [-0.39, 0.29) is 0 Å². The standard InChI is InChI=1S/C16H21I/c1-10-4-6-12-13-7-5-11(17)9-15(13)16(2,3)14(12)8-10/h4,6,8,11,13,15H,5,7,9H2,1-3H3. The Labute approximate surface area is 118 Å². The molecular weight excluding hydrogens is 319 g/mol. The van der Waals surface area contributed by atoms with Crippen LogP contribution in [0.25, 0.3) is 0 Å². The van der Waals surface area contributed by atoms with Crippen molar-refractivity contribution in [2.45, 2.75) is 55.3 Å². The van der Waals surface area contributed by atoms with Gasteiger partial charge in [0, 0.05) is 3.92 Å². The molecule has 1 aromatic rings. The molecule has 0 nitrogen and oxygen atoms in total. The van der Waals surface area contributed by atoms with Gasteiger partial charge in [-0.05, 0) is 54.6 Å². The van der Waals surface area contributed by atoms with Crippen molar-refractivity contribution in [3.8, 4) is 0 Å². The van der Waals surface area contributed by atoms with E-state index < -0.39 is 0 Å². The summed E-state index contributed by atoms with van der Waals surface area (Å²) in [6.07, 6.45) is 4.22. The van der Waals surface area contributed by atoms with Gasteiger partial charge < -0.3 is 0 Å². The van der Waals surface area contributed by atoms with Crippen molar-refractivity contribution in [2.24, 2.45) is 5.92 Å². The quantitative estimate of drug-likeness (QED) is 0.462. The number of rotatable bonds is 0. The molecule has 0 spiro atoms. The summed E-state index contributed by atoms with van der Waals surface area (Å²) in [7, 11) is 0. The van der Waals surface area contributed by atoms with Gasteiger partial charge in [-0.1, -0.05) is 60.2 Å². The first kappa shape index (κ1) is 12.0. The maximum Gasteiger partial charge on any atom is 0.0113 e. The van der Waals surface area contributed by atoms with Crippen LogP contribution in [0.15, 0.2) is 18.2 Å². The Morgan fingerprint density at radius 1 is 1.24 bits per heavy atom. The Bertz CT molecular complexity index is 447. The van der Waals surface area contributed by atoms with Crippen molar-refractivity contribution >= 4 is 22.6 Å². The fourth-order valence-corrected chi connectivity index (χ4v) is 4.95. The van der Waals surface area contributed by atoms with E-state index in [9.17, 15) is 0 Å². The van der Waals surface area contributed by atoms with Crippen molar-refractivity contribution in [3.63, 3.8) is 0 Å². The van der Waals surface area contributed by atoms with E-state index in [0.29, 0.717) is 5.41 Å². The fourth-order valence-electron chi connectivity index (χ4n) is 4.04. The molecule has 17 heavy (non-hydrogen) atoms. The maximum atomic E-state index is 2.66. The molecule has 2 aliphatic rings.